The molecule has 1 atom stereocenters. The summed E-state index contributed by atoms with van der Waals surface area (Å²) in [5.74, 6) is -1.95. The van der Waals surface area contributed by atoms with Gasteiger partial charge in [-0.05, 0) is 6.07 Å². The summed E-state index contributed by atoms with van der Waals surface area (Å²) in [5, 5.41) is 8.86. The van der Waals surface area contributed by atoms with Crippen LogP contribution in [0.1, 0.15) is 10.4 Å². The van der Waals surface area contributed by atoms with Crippen LogP contribution in [0.15, 0.2) is 17.1 Å². The van der Waals surface area contributed by atoms with Crippen molar-refractivity contribution in [2.45, 2.75) is 0 Å². The Morgan fingerprint density at radius 3 is 2.76 bits per heavy atom. The minimum absolute atomic E-state index is 0.0957. The molecule has 0 saturated carbocycles. The van der Waals surface area contributed by atoms with E-state index in [-0.39, 0.29) is 12.4 Å². The minimum Gasteiger partial charge on any atom is -0.480 e. The van der Waals surface area contributed by atoms with Crippen LogP contribution in [0.5, 0.6) is 11.5 Å². The first kappa shape index (κ1) is 9.83. The van der Waals surface area contributed by atoms with Crippen molar-refractivity contribution < 1.29 is 24.2 Å². The Hall–Kier alpha value is -2.37. The van der Waals surface area contributed by atoms with Gasteiger partial charge in [0.25, 0.3) is 0 Å². The van der Waals surface area contributed by atoms with E-state index in [1.807, 2.05) is 0 Å². The van der Waals surface area contributed by atoms with Crippen LogP contribution in [0.3, 0.4) is 0 Å². The van der Waals surface area contributed by atoms with E-state index in [0.717, 1.165) is 6.21 Å². The molecule has 1 unspecified atom stereocenters. The van der Waals surface area contributed by atoms with E-state index in [1.165, 1.54) is 6.07 Å². The van der Waals surface area contributed by atoms with Crippen molar-refractivity contribution in [2.24, 2.45) is 10.9 Å². The number of benzene rings is 1. The van der Waals surface area contributed by atoms with E-state index in [9.17, 15) is 9.59 Å². The number of ether oxygens (including phenoxy) is 2. The average Bonchev–Trinajstić information content (AvgIpc) is 2.73. The molecule has 0 aromatic heterocycles. The normalized spacial score (nSPS) is 20.2. The fourth-order valence-corrected chi connectivity index (χ4v) is 1.80. The van der Waals surface area contributed by atoms with E-state index in [4.69, 9.17) is 14.6 Å². The van der Waals surface area contributed by atoms with Gasteiger partial charge in [0.05, 0.1) is 5.69 Å². The monoisotopic (exact) mass is 233 g/mol. The lowest BCUT2D eigenvalue weighted by molar-refractivity contribution is -0.137. The van der Waals surface area contributed by atoms with Crippen molar-refractivity contribution in [1.29, 1.82) is 0 Å². The Balaban J connectivity index is 2.12. The highest BCUT2D eigenvalue weighted by Gasteiger charge is 2.32. The number of carboxylic acid groups (broad SMARTS) is 1. The van der Waals surface area contributed by atoms with Crippen LogP contribution in [0, 0.1) is 5.92 Å². The quantitative estimate of drug-likeness (QED) is 0.732. The van der Waals surface area contributed by atoms with Crippen LogP contribution in [-0.4, -0.2) is 29.9 Å². The molecule has 2 aliphatic heterocycles. The minimum atomic E-state index is -1.22. The van der Waals surface area contributed by atoms with Crippen molar-refractivity contribution in [3.8, 4) is 11.5 Å². The maximum atomic E-state index is 11.9. The Kier molecular flexibility index (Phi) is 1.91. The number of aliphatic carboxylic acids is 1. The number of hydrogen-bond acceptors (Lipinski definition) is 5. The summed E-state index contributed by atoms with van der Waals surface area (Å²) in [6.07, 6.45) is 1.13. The maximum Gasteiger partial charge on any atom is 0.319 e. The number of carboxylic acids is 1. The van der Waals surface area contributed by atoms with Crippen molar-refractivity contribution in [3.05, 3.63) is 17.7 Å². The first-order valence-corrected chi connectivity index (χ1v) is 4.91. The fourth-order valence-electron chi connectivity index (χ4n) is 1.80. The van der Waals surface area contributed by atoms with Gasteiger partial charge in [0.2, 0.25) is 6.79 Å². The lowest BCUT2D eigenvalue weighted by Crippen LogP contribution is -2.27. The molecule has 0 bridgehead atoms. The van der Waals surface area contributed by atoms with Gasteiger partial charge in [0.15, 0.2) is 23.2 Å². The third-order valence-corrected chi connectivity index (χ3v) is 2.67. The standard InChI is InChI=1S/C11H7NO5/c13-10-5-1-8-9(17-4-16-8)2-7(5)12-3-6(10)11(14)15/h1-3,6H,4H2,(H,14,15). The second-order valence-electron chi connectivity index (χ2n) is 3.68. The molecule has 2 heterocycles. The summed E-state index contributed by atoms with van der Waals surface area (Å²) >= 11 is 0. The number of ketones is 1. The zero-order valence-electron chi connectivity index (χ0n) is 8.54. The first-order valence-electron chi connectivity index (χ1n) is 4.91. The van der Waals surface area contributed by atoms with Crippen LogP contribution in [-0.2, 0) is 4.79 Å². The van der Waals surface area contributed by atoms with E-state index in [0.29, 0.717) is 17.2 Å². The topological polar surface area (TPSA) is 85.2 Å². The SMILES string of the molecule is O=C(O)C1C=Nc2cc3c(cc2C1=O)OCO3. The van der Waals surface area contributed by atoms with Crippen molar-refractivity contribution in [2.75, 3.05) is 6.79 Å². The molecule has 0 saturated heterocycles. The number of Topliss-reactive ketones (excluding diaryl/α,β-unsaturated/α-hetero) is 1. The predicted molar refractivity (Wildman–Crippen MR) is 56.2 cm³/mol. The zero-order valence-corrected chi connectivity index (χ0v) is 8.54. The molecule has 2 aliphatic rings. The van der Waals surface area contributed by atoms with Gasteiger partial charge in [-0.15, -0.1) is 0 Å². The molecule has 0 fully saturated rings. The largest absolute Gasteiger partial charge is 0.480 e. The van der Waals surface area contributed by atoms with Gasteiger partial charge in [-0.1, -0.05) is 0 Å². The van der Waals surface area contributed by atoms with Gasteiger partial charge in [0.1, 0.15) is 0 Å². The Bertz CT molecular complexity index is 563. The van der Waals surface area contributed by atoms with Crippen LogP contribution in [0.4, 0.5) is 5.69 Å². The van der Waals surface area contributed by atoms with Crippen LogP contribution in [0.25, 0.3) is 0 Å². The fraction of sp³-hybridized carbons (Fsp3) is 0.182. The van der Waals surface area contributed by atoms with Gasteiger partial charge in [0, 0.05) is 17.8 Å². The summed E-state index contributed by atoms with van der Waals surface area (Å²) in [6, 6.07) is 3.05. The number of carbonyl (C=O) groups is 2. The zero-order chi connectivity index (χ0) is 12.0. The molecule has 1 aromatic rings. The van der Waals surface area contributed by atoms with E-state index in [2.05, 4.69) is 4.99 Å². The summed E-state index contributed by atoms with van der Waals surface area (Å²) in [4.78, 5) is 26.7. The Morgan fingerprint density at radius 1 is 1.35 bits per heavy atom. The highest BCUT2D eigenvalue weighted by atomic mass is 16.7. The van der Waals surface area contributed by atoms with Gasteiger partial charge >= 0.3 is 5.97 Å². The van der Waals surface area contributed by atoms with Gasteiger partial charge < -0.3 is 14.6 Å². The van der Waals surface area contributed by atoms with Crippen molar-refractivity contribution >= 4 is 23.7 Å². The summed E-state index contributed by atoms with van der Waals surface area (Å²) in [7, 11) is 0. The summed E-state index contributed by atoms with van der Waals surface area (Å²) < 4.78 is 10.3. The molecule has 1 aromatic carbocycles. The molecule has 3 rings (SSSR count). The molecule has 1 N–H and O–H groups in total. The lowest BCUT2D eigenvalue weighted by Gasteiger charge is -2.14. The van der Waals surface area contributed by atoms with Gasteiger partial charge in [-0.3, -0.25) is 14.6 Å². The molecule has 0 radical (unpaired) electrons. The Morgan fingerprint density at radius 2 is 2.06 bits per heavy atom. The number of rotatable bonds is 1. The molecule has 0 aliphatic carbocycles. The highest BCUT2D eigenvalue weighted by Crippen LogP contribution is 2.40. The molecule has 86 valence electrons. The number of nitrogens with zero attached hydrogens (tertiary/aromatic N) is 1. The van der Waals surface area contributed by atoms with Crippen LogP contribution in [0.2, 0.25) is 0 Å². The lowest BCUT2D eigenvalue weighted by atomic mass is 9.94. The molecule has 6 nitrogen and oxygen atoms in total. The second kappa shape index (κ2) is 3.31. The van der Waals surface area contributed by atoms with E-state index in [1.54, 1.807) is 6.07 Å². The van der Waals surface area contributed by atoms with Gasteiger partial charge in [-0.2, -0.15) is 0 Å². The molecule has 17 heavy (non-hydrogen) atoms. The number of fused-ring (bicyclic) bond motifs is 2. The summed E-state index contributed by atoms with van der Waals surface area (Å²) in [6.45, 7) is 0.0957. The predicted octanol–water partition coefficient (Wildman–Crippen LogP) is 1.01. The second-order valence-corrected chi connectivity index (χ2v) is 3.68. The maximum absolute atomic E-state index is 11.9. The van der Waals surface area contributed by atoms with Gasteiger partial charge in [-0.25, -0.2) is 0 Å². The van der Waals surface area contributed by atoms with Crippen molar-refractivity contribution in [1.82, 2.24) is 0 Å². The number of aliphatic imine (C=N–C) groups is 1. The average molecular weight is 233 g/mol. The third kappa shape index (κ3) is 1.37. The molecular weight excluding hydrogens is 226 g/mol. The smallest absolute Gasteiger partial charge is 0.319 e. The molecule has 6 heteroatoms. The number of hydrogen-bond donors (Lipinski definition) is 1. The third-order valence-electron chi connectivity index (χ3n) is 2.67. The summed E-state index contributed by atoms with van der Waals surface area (Å²) in [5.41, 5.74) is 0.668. The van der Waals surface area contributed by atoms with Crippen LogP contribution < -0.4 is 9.47 Å². The molecule has 0 spiro atoms. The van der Waals surface area contributed by atoms with Crippen LogP contribution >= 0.6 is 0 Å². The van der Waals surface area contributed by atoms with E-state index < -0.39 is 17.7 Å². The Labute approximate surface area is 95.5 Å². The van der Waals surface area contributed by atoms with Crippen molar-refractivity contribution in [3.63, 3.8) is 0 Å². The molecular formula is C11H7NO5. The first-order chi connectivity index (χ1) is 8.16. The number of carbonyl (C=O) groups excluding carboxylic acids is 1. The molecule has 0 amide bonds. The van der Waals surface area contributed by atoms with E-state index >= 15 is 0 Å². The highest BCUT2D eigenvalue weighted by molar-refractivity contribution is 6.22.